The lowest BCUT2D eigenvalue weighted by molar-refractivity contribution is -0.124. The molecule has 0 radical (unpaired) electrons. The summed E-state index contributed by atoms with van der Waals surface area (Å²) in [5.41, 5.74) is 0.857. The number of unbranched alkanes of at least 4 members (excludes halogenated alkanes) is 1. The smallest absolute Gasteiger partial charge is 0.251 e. The van der Waals surface area contributed by atoms with Gasteiger partial charge >= 0.3 is 0 Å². The highest BCUT2D eigenvalue weighted by atomic mass is 16.5. The second-order valence-corrected chi connectivity index (χ2v) is 5.34. The minimum Gasteiger partial charge on any atom is -0.343 e. The van der Waals surface area contributed by atoms with Crippen molar-refractivity contribution in [2.45, 2.75) is 51.4 Å². The van der Waals surface area contributed by atoms with Gasteiger partial charge in [0.1, 0.15) is 11.8 Å². The minimum atomic E-state index is -0.499. The maximum absolute atomic E-state index is 11.6. The molecule has 98 valence electrons. The summed E-state index contributed by atoms with van der Waals surface area (Å²) >= 11 is 0. The van der Waals surface area contributed by atoms with E-state index in [-0.39, 0.29) is 12.0 Å². The Kier molecular flexibility index (Phi) is 4.02. The van der Waals surface area contributed by atoms with E-state index in [0.717, 1.165) is 25.7 Å². The van der Waals surface area contributed by atoms with Crippen LogP contribution in [0.25, 0.3) is 0 Å². The first-order valence-electron chi connectivity index (χ1n) is 6.61. The SMILES string of the molecule is CC1(C)NC(=O)C(CCCCc2ccccc2)O1. The van der Waals surface area contributed by atoms with E-state index in [1.54, 1.807) is 0 Å². The first-order valence-corrected chi connectivity index (χ1v) is 6.61. The Bertz CT molecular complexity index is 400. The number of benzene rings is 1. The van der Waals surface area contributed by atoms with E-state index >= 15 is 0 Å². The van der Waals surface area contributed by atoms with Gasteiger partial charge in [-0.3, -0.25) is 4.79 Å². The summed E-state index contributed by atoms with van der Waals surface area (Å²) in [6.07, 6.45) is 3.72. The quantitative estimate of drug-likeness (QED) is 0.812. The number of aryl methyl sites for hydroxylation is 1. The summed E-state index contributed by atoms with van der Waals surface area (Å²) in [4.78, 5) is 11.6. The molecular formula is C15H21NO2. The molecule has 0 bridgehead atoms. The molecule has 0 aromatic heterocycles. The maximum atomic E-state index is 11.6. The number of ether oxygens (including phenoxy) is 1. The largest absolute Gasteiger partial charge is 0.343 e. The predicted molar refractivity (Wildman–Crippen MR) is 71.1 cm³/mol. The summed E-state index contributed by atoms with van der Waals surface area (Å²) < 4.78 is 5.65. The summed E-state index contributed by atoms with van der Waals surface area (Å²) in [5, 5.41) is 2.84. The van der Waals surface area contributed by atoms with E-state index in [9.17, 15) is 4.79 Å². The third-order valence-corrected chi connectivity index (χ3v) is 3.18. The highest BCUT2D eigenvalue weighted by molar-refractivity contribution is 5.83. The van der Waals surface area contributed by atoms with Gasteiger partial charge in [-0.05, 0) is 45.1 Å². The van der Waals surface area contributed by atoms with Crippen LogP contribution in [0, 0.1) is 0 Å². The van der Waals surface area contributed by atoms with Gasteiger partial charge in [0.15, 0.2) is 0 Å². The zero-order chi connectivity index (χ0) is 13.0. The number of amides is 1. The fourth-order valence-electron chi connectivity index (χ4n) is 2.31. The van der Waals surface area contributed by atoms with Crippen LogP contribution in [0.1, 0.15) is 38.7 Å². The van der Waals surface area contributed by atoms with Gasteiger partial charge in [-0.15, -0.1) is 0 Å². The van der Waals surface area contributed by atoms with E-state index in [1.165, 1.54) is 5.56 Å². The van der Waals surface area contributed by atoms with Gasteiger partial charge in [-0.25, -0.2) is 0 Å². The zero-order valence-electron chi connectivity index (χ0n) is 11.1. The van der Waals surface area contributed by atoms with Crippen LogP contribution in [-0.2, 0) is 16.0 Å². The van der Waals surface area contributed by atoms with Gasteiger partial charge in [-0.1, -0.05) is 30.3 Å². The van der Waals surface area contributed by atoms with E-state index in [4.69, 9.17) is 4.74 Å². The van der Waals surface area contributed by atoms with Crippen molar-refractivity contribution in [1.82, 2.24) is 5.32 Å². The summed E-state index contributed by atoms with van der Waals surface area (Å²) in [5.74, 6) is 0.0275. The fourth-order valence-corrected chi connectivity index (χ4v) is 2.31. The Morgan fingerprint density at radius 2 is 1.94 bits per heavy atom. The highest BCUT2D eigenvalue weighted by Crippen LogP contribution is 2.21. The number of hydrogen-bond donors (Lipinski definition) is 1. The first kappa shape index (κ1) is 13.1. The third kappa shape index (κ3) is 3.57. The Hall–Kier alpha value is -1.35. The van der Waals surface area contributed by atoms with Crippen LogP contribution < -0.4 is 5.32 Å². The molecule has 1 aromatic rings. The van der Waals surface area contributed by atoms with Crippen LogP contribution in [0.5, 0.6) is 0 Å². The monoisotopic (exact) mass is 247 g/mol. The molecule has 0 aliphatic carbocycles. The van der Waals surface area contributed by atoms with Gasteiger partial charge in [0.2, 0.25) is 0 Å². The normalized spacial score (nSPS) is 21.9. The second kappa shape index (κ2) is 5.53. The van der Waals surface area contributed by atoms with E-state index in [1.807, 2.05) is 19.9 Å². The van der Waals surface area contributed by atoms with E-state index in [2.05, 4.69) is 29.6 Å². The van der Waals surface area contributed by atoms with Crippen molar-refractivity contribution in [1.29, 1.82) is 0 Å². The van der Waals surface area contributed by atoms with Crippen LogP contribution >= 0.6 is 0 Å². The second-order valence-electron chi connectivity index (χ2n) is 5.34. The van der Waals surface area contributed by atoms with Gasteiger partial charge in [-0.2, -0.15) is 0 Å². The molecule has 0 saturated carbocycles. The number of rotatable bonds is 5. The van der Waals surface area contributed by atoms with Crippen molar-refractivity contribution in [2.24, 2.45) is 0 Å². The van der Waals surface area contributed by atoms with Gasteiger partial charge in [0, 0.05) is 0 Å². The highest BCUT2D eigenvalue weighted by Gasteiger charge is 2.37. The Balaban J connectivity index is 1.69. The summed E-state index contributed by atoms with van der Waals surface area (Å²) in [6.45, 7) is 3.77. The van der Waals surface area contributed by atoms with Crippen LogP contribution in [0.15, 0.2) is 30.3 Å². The number of carbonyl (C=O) groups excluding carboxylic acids is 1. The van der Waals surface area contributed by atoms with Crippen LogP contribution in [0.2, 0.25) is 0 Å². The van der Waals surface area contributed by atoms with Crippen molar-refractivity contribution < 1.29 is 9.53 Å². The Morgan fingerprint density at radius 3 is 2.56 bits per heavy atom. The summed E-state index contributed by atoms with van der Waals surface area (Å²) in [6, 6.07) is 10.4. The molecule has 1 saturated heterocycles. The Labute approximate surface area is 109 Å². The zero-order valence-corrected chi connectivity index (χ0v) is 11.1. The molecule has 1 amide bonds. The molecule has 1 fully saturated rings. The average Bonchev–Trinajstić information content (AvgIpc) is 2.59. The number of hydrogen-bond acceptors (Lipinski definition) is 2. The molecule has 2 rings (SSSR count). The van der Waals surface area contributed by atoms with Crippen molar-refractivity contribution in [3.8, 4) is 0 Å². The van der Waals surface area contributed by atoms with Gasteiger partial charge in [0.25, 0.3) is 5.91 Å². The molecule has 1 aromatic carbocycles. The van der Waals surface area contributed by atoms with Gasteiger partial charge < -0.3 is 10.1 Å². The molecule has 1 aliphatic heterocycles. The minimum absolute atomic E-state index is 0.0275. The van der Waals surface area contributed by atoms with Gasteiger partial charge in [0.05, 0.1) is 0 Å². The van der Waals surface area contributed by atoms with E-state index < -0.39 is 5.72 Å². The molecule has 1 aliphatic rings. The van der Waals surface area contributed by atoms with E-state index in [0.29, 0.717) is 0 Å². The molecule has 1 N–H and O–H groups in total. The lowest BCUT2D eigenvalue weighted by Crippen LogP contribution is -2.35. The topological polar surface area (TPSA) is 38.3 Å². The standard InChI is InChI=1S/C15H21NO2/c1-15(2)16-14(17)13(18-15)11-7-6-10-12-8-4-3-5-9-12/h3-5,8-9,13H,6-7,10-11H2,1-2H3,(H,16,17). The van der Waals surface area contributed by atoms with Crippen molar-refractivity contribution >= 4 is 5.91 Å². The number of nitrogens with one attached hydrogen (secondary N) is 1. The Morgan fingerprint density at radius 1 is 1.22 bits per heavy atom. The molecule has 3 nitrogen and oxygen atoms in total. The van der Waals surface area contributed by atoms with Crippen LogP contribution in [-0.4, -0.2) is 17.7 Å². The molecule has 1 atom stereocenters. The lowest BCUT2D eigenvalue weighted by atomic mass is 10.1. The van der Waals surface area contributed by atoms with Crippen molar-refractivity contribution in [2.75, 3.05) is 0 Å². The number of carbonyl (C=O) groups is 1. The molecule has 1 unspecified atom stereocenters. The molecular weight excluding hydrogens is 226 g/mol. The first-order chi connectivity index (χ1) is 8.57. The summed E-state index contributed by atoms with van der Waals surface area (Å²) in [7, 11) is 0. The fraction of sp³-hybridized carbons (Fsp3) is 0.533. The van der Waals surface area contributed by atoms with Crippen LogP contribution in [0.4, 0.5) is 0 Å². The average molecular weight is 247 g/mol. The molecule has 0 spiro atoms. The maximum Gasteiger partial charge on any atom is 0.251 e. The van der Waals surface area contributed by atoms with Crippen LogP contribution in [0.3, 0.4) is 0 Å². The molecule has 18 heavy (non-hydrogen) atoms. The molecule has 3 heteroatoms. The lowest BCUT2D eigenvalue weighted by Gasteiger charge is -2.17. The third-order valence-electron chi connectivity index (χ3n) is 3.18. The van der Waals surface area contributed by atoms with Crippen molar-refractivity contribution in [3.63, 3.8) is 0 Å². The van der Waals surface area contributed by atoms with Crippen molar-refractivity contribution in [3.05, 3.63) is 35.9 Å². The predicted octanol–water partition coefficient (Wildman–Crippen LogP) is 2.65. The molecule has 1 heterocycles.